The summed E-state index contributed by atoms with van der Waals surface area (Å²) in [4.78, 5) is 3.86. The quantitative estimate of drug-likeness (QED) is 0.582. The largest absolute Gasteiger partial charge is 0.264 e. The van der Waals surface area contributed by atoms with Gasteiger partial charge in [-0.3, -0.25) is 4.98 Å². The summed E-state index contributed by atoms with van der Waals surface area (Å²) < 4.78 is 0. The van der Waals surface area contributed by atoms with Crippen molar-refractivity contribution in [3.8, 4) is 0 Å². The van der Waals surface area contributed by atoms with E-state index in [0.717, 1.165) is 5.56 Å². The fraction of sp³-hybridized carbons (Fsp3) is 0. The molecule has 9 heavy (non-hydrogen) atoms. The molecule has 1 aromatic heterocycles. The fourth-order valence-electron chi connectivity index (χ4n) is 0.540. The smallest absolute Gasteiger partial charge is 0.0508 e. The molecule has 0 amide bonds. The minimum absolute atomic E-state index is 0.694. The van der Waals surface area contributed by atoms with Crippen molar-refractivity contribution in [2.24, 2.45) is 0 Å². The molecule has 0 aliphatic heterocycles. The van der Waals surface area contributed by atoms with Gasteiger partial charge in [0.25, 0.3) is 0 Å². The van der Waals surface area contributed by atoms with Gasteiger partial charge in [-0.2, -0.15) is 0 Å². The van der Waals surface area contributed by atoms with Gasteiger partial charge in [-0.15, -0.1) is 0 Å². The lowest BCUT2D eigenvalue weighted by Crippen LogP contribution is -1.74. The molecular weight excluding hydrogens is 134 g/mol. The van der Waals surface area contributed by atoms with Gasteiger partial charge in [0.1, 0.15) is 0 Å². The standard InChI is InChI=1S/C7H6ClN/c1-2-6-5-9-4-3-7(6)8/h2-5H,1H2. The maximum atomic E-state index is 5.71. The zero-order valence-electron chi connectivity index (χ0n) is 4.84. The molecule has 46 valence electrons. The van der Waals surface area contributed by atoms with E-state index in [1.54, 1.807) is 24.5 Å². The first-order valence-corrected chi connectivity index (χ1v) is 2.94. The predicted molar refractivity (Wildman–Crippen MR) is 39.3 cm³/mol. The predicted octanol–water partition coefficient (Wildman–Crippen LogP) is 2.38. The molecule has 0 aliphatic rings. The molecule has 1 heterocycles. The highest BCUT2D eigenvalue weighted by Crippen LogP contribution is 2.13. The van der Waals surface area contributed by atoms with E-state index < -0.39 is 0 Å². The van der Waals surface area contributed by atoms with Crippen LogP contribution in [0.2, 0.25) is 5.02 Å². The molecule has 0 unspecified atom stereocenters. The van der Waals surface area contributed by atoms with E-state index >= 15 is 0 Å². The van der Waals surface area contributed by atoms with Gasteiger partial charge in [-0.05, 0) is 6.07 Å². The molecule has 0 bridgehead atoms. The summed E-state index contributed by atoms with van der Waals surface area (Å²) in [6, 6.07) is 1.73. The van der Waals surface area contributed by atoms with Crippen molar-refractivity contribution in [2.45, 2.75) is 0 Å². The van der Waals surface area contributed by atoms with Gasteiger partial charge in [0.2, 0.25) is 0 Å². The van der Waals surface area contributed by atoms with Crippen molar-refractivity contribution in [2.75, 3.05) is 0 Å². The minimum Gasteiger partial charge on any atom is -0.264 e. The third-order valence-electron chi connectivity index (χ3n) is 1.02. The molecule has 1 aromatic rings. The lowest BCUT2D eigenvalue weighted by molar-refractivity contribution is 1.32. The molecule has 0 N–H and O–H groups in total. The van der Waals surface area contributed by atoms with Gasteiger partial charge >= 0.3 is 0 Å². The van der Waals surface area contributed by atoms with Crippen molar-refractivity contribution in [3.63, 3.8) is 0 Å². The average molecular weight is 140 g/mol. The average Bonchev–Trinajstić information content (AvgIpc) is 1.89. The molecule has 0 aliphatic carbocycles. The Balaban J connectivity index is 3.15. The van der Waals surface area contributed by atoms with E-state index in [0.29, 0.717) is 5.02 Å². The molecule has 1 nitrogen and oxygen atoms in total. The van der Waals surface area contributed by atoms with Gasteiger partial charge in [-0.25, -0.2) is 0 Å². The molecule has 0 spiro atoms. The number of rotatable bonds is 1. The van der Waals surface area contributed by atoms with Crippen molar-refractivity contribution in [3.05, 3.63) is 35.6 Å². The molecule has 1 rings (SSSR count). The molecule has 0 radical (unpaired) electrons. The van der Waals surface area contributed by atoms with Crippen LogP contribution in [0, 0.1) is 0 Å². The van der Waals surface area contributed by atoms with Crippen molar-refractivity contribution in [1.82, 2.24) is 4.98 Å². The molecule has 0 saturated heterocycles. The van der Waals surface area contributed by atoms with E-state index in [1.807, 2.05) is 0 Å². The van der Waals surface area contributed by atoms with Gasteiger partial charge in [-0.1, -0.05) is 24.3 Å². The third kappa shape index (κ3) is 1.30. The Kier molecular flexibility index (Phi) is 1.85. The second kappa shape index (κ2) is 2.65. The minimum atomic E-state index is 0.694. The fourth-order valence-corrected chi connectivity index (χ4v) is 0.722. The maximum absolute atomic E-state index is 5.71. The maximum Gasteiger partial charge on any atom is 0.0508 e. The number of pyridine rings is 1. The highest BCUT2D eigenvalue weighted by Gasteiger charge is 1.90. The van der Waals surface area contributed by atoms with Gasteiger partial charge < -0.3 is 0 Å². The van der Waals surface area contributed by atoms with E-state index in [4.69, 9.17) is 11.6 Å². The lowest BCUT2D eigenvalue weighted by Gasteiger charge is -1.91. The van der Waals surface area contributed by atoms with Crippen LogP contribution in [0.25, 0.3) is 6.08 Å². The van der Waals surface area contributed by atoms with E-state index in [2.05, 4.69) is 11.6 Å². The molecule has 0 fully saturated rings. The zero-order chi connectivity index (χ0) is 6.69. The molecule has 0 saturated carbocycles. The normalized spacial score (nSPS) is 9.00. The van der Waals surface area contributed by atoms with Crippen molar-refractivity contribution >= 4 is 17.7 Å². The van der Waals surface area contributed by atoms with Crippen LogP contribution in [0.1, 0.15) is 5.56 Å². The Morgan fingerprint density at radius 2 is 2.44 bits per heavy atom. The van der Waals surface area contributed by atoms with Gasteiger partial charge in [0.15, 0.2) is 0 Å². The Morgan fingerprint density at radius 1 is 1.67 bits per heavy atom. The summed E-state index contributed by atoms with van der Waals surface area (Å²) in [7, 11) is 0. The van der Waals surface area contributed by atoms with Crippen molar-refractivity contribution < 1.29 is 0 Å². The SMILES string of the molecule is C=Cc1cnccc1Cl. The summed E-state index contributed by atoms with van der Waals surface area (Å²) in [5, 5.41) is 0.694. The molecule has 2 heteroatoms. The van der Waals surface area contributed by atoms with Crippen LogP contribution in [-0.2, 0) is 0 Å². The first-order valence-electron chi connectivity index (χ1n) is 2.56. The third-order valence-corrected chi connectivity index (χ3v) is 1.36. The molecule has 0 atom stereocenters. The van der Waals surface area contributed by atoms with Crippen molar-refractivity contribution in [1.29, 1.82) is 0 Å². The number of hydrogen-bond acceptors (Lipinski definition) is 1. The summed E-state index contributed by atoms with van der Waals surface area (Å²) in [5.41, 5.74) is 0.874. The first-order chi connectivity index (χ1) is 4.34. The second-order valence-electron chi connectivity index (χ2n) is 1.60. The van der Waals surface area contributed by atoms with Crippen LogP contribution < -0.4 is 0 Å². The Hall–Kier alpha value is -0.820. The second-order valence-corrected chi connectivity index (χ2v) is 2.01. The van der Waals surface area contributed by atoms with Crippen LogP contribution in [-0.4, -0.2) is 4.98 Å². The monoisotopic (exact) mass is 139 g/mol. The van der Waals surface area contributed by atoms with Crippen LogP contribution in [0.15, 0.2) is 25.0 Å². The molecule has 0 aromatic carbocycles. The highest BCUT2D eigenvalue weighted by molar-refractivity contribution is 6.31. The number of aromatic nitrogens is 1. The van der Waals surface area contributed by atoms with Crippen LogP contribution in [0.3, 0.4) is 0 Å². The lowest BCUT2D eigenvalue weighted by atomic mass is 10.3. The van der Waals surface area contributed by atoms with E-state index in [1.165, 1.54) is 0 Å². The summed E-state index contributed by atoms with van der Waals surface area (Å²) in [5.74, 6) is 0. The van der Waals surface area contributed by atoms with Crippen LogP contribution >= 0.6 is 11.6 Å². The van der Waals surface area contributed by atoms with E-state index in [9.17, 15) is 0 Å². The summed E-state index contributed by atoms with van der Waals surface area (Å²) >= 11 is 5.71. The zero-order valence-corrected chi connectivity index (χ0v) is 5.60. The van der Waals surface area contributed by atoms with Crippen LogP contribution in [0.4, 0.5) is 0 Å². The van der Waals surface area contributed by atoms with E-state index in [-0.39, 0.29) is 0 Å². The topological polar surface area (TPSA) is 12.9 Å². The summed E-state index contributed by atoms with van der Waals surface area (Å²) in [6.07, 6.45) is 5.00. The number of halogens is 1. The van der Waals surface area contributed by atoms with Gasteiger partial charge in [0, 0.05) is 18.0 Å². The van der Waals surface area contributed by atoms with Crippen LogP contribution in [0.5, 0.6) is 0 Å². The Bertz CT molecular complexity index is 220. The van der Waals surface area contributed by atoms with Gasteiger partial charge in [0.05, 0.1) is 5.02 Å². The number of nitrogens with zero attached hydrogens (tertiary/aromatic N) is 1. The summed E-state index contributed by atoms with van der Waals surface area (Å²) in [6.45, 7) is 3.57. The highest BCUT2D eigenvalue weighted by atomic mass is 35.5. The molecular formula is C7H6ClN. The number of hydrogen-bond donors (Lipinski definition) is 0. The Labute approximate surface area is 59.0 Å². The first kappa shape index (κ1) is 6.30. The Morgan fingerprint density at radius 3 is 2.89 bits per heavy atom.